The molecule has 0 spiro atoms. The zero-order chi connectivity index (χ0) is 33.5. The van der Waals surface area contributed by atoms with Crippen molar-refractivity contribution in [2.24, 2.45) is 0 Å². The number of nitrogens with one attached hydrogen (secondary N) is 2. The van der Waals surface area contributed by atoms with Crippen LogP contribution < -0.4 is 20.9 Å². The second kappa shape index (κ2) is 14.0. The summed E-state index contributed by atoms with van der Waals surface area (Å²) in [5, 5.41) is 8.31. The number of thioether (sulfide) groups is 1. The predicted molar refractivity (Wildman–Crippen MR) is 183 cm³/mol. The van der Waals surface area contributed by atoms with Crippen molar-refractivity contribution >= 4 is 37.4 Å². The molecule has 6 rings (SSSR count). The van der Waals surface area contributed by atoms with E-state index in [-0.39, 0.29) is 36.3 Å². The fourth-order valence-corrected chi connectivity index (χ4v) is 10.5. The summed E-state index contributed by atoms with van der Waals surface area (Å²) in [6, 6.07) is 7.41. The molecule has 1 aromatic heterocycles. The van der Waals surface area contributed by atoms with Crippen LogP contribution in [0.1, 0.15) is 72.3 Å². The van der Waals surface area contributed by atoms with Crippen molar-refractivity contribution in [3.05, 3.63) is 35.4 Å². The summed E-state index contributed by atoms with van der Waals surface area (Å²) in [6.45, 7) is 13.9. The van der Waals surface area contributed by atoms with E-state index in [1.165, 1.54) is 12.1 Å². The number of hydrogen-bond acceptors (Lipinski definition) is 11. The Hall–Kier alpha value is -2.07. The van der Waals surface area contributed by atoms with Crippen molar-refractivity contribution in [1.29, 1.82) is 0 Å². The number of fused-ring (bicyclic) bond motifs is 2. The summed E-state index contributed by atoms with van der Waals surface area (Å²) in [5.74, 6) is 0.0363. The lowest BCUT2D eigenvalue weighted by Gasteiger charge is -2.30. The van der Waals surface area contributed by atoms with Gasteiger partial charge in [0.15, 0.2) is 42.5 Å². The van der Waals surface area contributed by atoms with Crippen LogP contribution in [0.15, 0.2) is 23.4 Å². The first-order chi connectivity index (χ1) is 22.5. The highest BCUT2D eigenvalue weighted by Gasteiger charge is 2.58. The molecule has 1 aromatic carbocycles. The maximum Gasteiger partial charge on any atom is 0.192 e. The van der Waals surface area contributed by atoms with Crippen LogP contribution in [0.4, 0.5) is 26.1 Å². The molecule has 47 heavy (non-hydrogen) atoms. The molecule has 2 saturated carbocycles. The van der Waals surface area contributed by atoms with Gasteiger partial charge in [-0.3, -0.25) is 10.0 Å². The molecule has 10 nitrogen and oxygen atoms in total. The van der Waals surface area contributed by atoms with Crippen LogP contribution in [-0.2, 0) is 18.6 Å². The van der Waals surface area contributed by atoms with E-state index in [2.05, 4.69) is 43.6 Å². The van der Waals surface area contributed by atoms with E-state index in [0.29, 0.717) is 30.6 Å². The Labute approximate surface area is 282 Å². The van der Waals surface area contributed by atoms with Crippen LogP contribution in [0.25, 0.3) is 0 Å². The average molecular weight is 693 g/mol. The van der Waals surface area contributed by atoms with Gasteiger partial charge in [-0.2, -0.15) is 0 Å². The molecule has 2 aromatic rings. The smallest absolute Gasteiger partial charge is 0.192 e. The lowest BCUT2D eigenvalue weighted by Crippen LogP contribution is -2.52. The summed E-state index contributed by atoms with van der Waals surface area (Å²) >= 11 is 1.62. The molecule has 4 aliphatic rings. The van der Waals surface area contributed by atoms with Crippen LogP contribution in [0.3, 0.4) is 0 Å². The monoisotopic (exact) mass is 692 g/mol. The Balaban J connectivity index is 1.22. The molecule has 6 atom stereocenters. The lowest BCUT2D eigenvalue weighted by atomic mass is 10.1. The Morgan fingerprint density at radius 3 is 2.49 bits per heavy atom. The lowest BCUT2D eigenvalue weighted by molar-refractivity contribution is -0.168. The van der Waals surface area contributed by atoms with Crippen molar-refractivity contribution in [2.45, 2.75) is 126 Å². The van der Waals surface area contributed by atoms with Gasteiger partial charge < -0.3 is 24.0 Å². The highest BCUT2D eigenvalue weighted by atomic mass is 32.2. The Kier molecular flexibility index (Phi) is 10.4. The van der Waals surface area contributed by atoms with Gasteiger partial charge in [-0.05, 0) is 62.5 Å². The second-order valence-electron chi connectivity index (χ2n) is 13.5. The fraction of sp³-hybridized carbons (Fsp3) is 0.697. The van der Waals surface area contributed by atoms with Crippen LogP contribution in [0.2, 0.25) is 18.1 Å². The molecule has 0 unspecified atom stereocenters. The molecule has 260 valence electrons. The largest absolute Gasteiger partial charge is 0.414 e. The van der Waals surface area contributed by atoms with E-state index in [9.17, 15) is 8.78 Å². The van der Waals surface area contributed by atoms with Crippen molar-refractivity contribution in [2.75, 3.05) is 41.3 Å². The number of ether oxygens (including phenoxy) is 3. The average Bonchev–Trinajstić information content (AvgIpc) is 3.49. The van der Waals surface area contributed by atoms with E-state index in [1.807, 2.05) is 25.9 Å². The molecule has 1 saturated heterocycles. The molecule has 2 N–H and O–H groups in total. The third-order valence-corrected chi connectivity index (χ3v) is 15.8. The third-order valence-electron chi connectivity index (χ3n) is 10.1. The van der Waals surface area contributed by atoms with Crippen LogP contribution >= 0.6 is 11.8 Å². The van der Waals surface area contributed by atoms with E-state index in [1.54, 1.807) is 17.8 Å². The highest BCUT2D eigenvalue weighted by Crippen LogP contribution is 2.49. The molecule has 0 bridgehead atoms. The minimum atomic E-state index is -1.70. The minimum Gasteiger partial charge on any atom is -0.414 e. The number of rotatable bonds is 15. The first kappa shape index (κ1) is 34.8. The number of benzene rings is 1. The summed E-state index contributed by atoms with van der Waals surface area (Å²) < 4.78 is 53.5. The maximum atomic E-state index is 14.0. The molecule has 0 amide bonds. The van der Waals surface area contributed by atoms with Gasteiger partial charge in [0, 0.05) is 31.2 Å². The van der Waals surface area contributed by atoms with E-state index < -0.39 is 25.7 Å². The van der Waals surface area contributed by atoms with Gasteiger partial charge in [0.2, 0.25) is 0 Å². The van der Waals surface area contributed by atoms with Gasteiger partial charge in [0.25, 0.3) is 0 Å². The summed E-state index contributed by atoms with van der Waals surface area (Å²) in [6.07, 6.45) is 1.85. The number of nitrogens with zero attached hydrogens (tertiary/aromatic N) is 4. The molecule has 2 aliphatic carbocycles. The summed E-state index contributed by atoms with van der Waals surface area (Å²) in [7, 11) is 0.253. The van der Waals surface area contributed by atoms with Crippen LogP contribution in [0.5, 0.6) is 0 Å². The standard InChI is InChI=1S/C33H50F2N6O4SSi/c1-8-16-46-32-37-30(36-24-18-21(24)20-12-13-22(34)23(35)17-20)27-31(38-32)41(39-40(27)7)25-19-26(29-28(25)44-33(5,6)45-29)42-14-15-43-47(9-2,10-3)11-4/h12-13,17,21,24-26,28-29,39H,8-11,14-16,18-19H2,1-7H3,(H,36,37,38)/t21-,24+,25+,26-,28-,29+/m0/s1. The molecule has 2 aliphatic heterocycles. The van der Waals surface area contributed by atoms with Gasteiger partial charge in [-0.15, -0.1) is 5.53 Å². The van der Waals surface area contributed by atoms with Gasteiger partial charge in [0.1, 0.15) is 17.9 Å². The molecule has 0 radical (unpaired) electrons. The van der Waals surface area contributed by atoms with E-state index in [4.69, 9.17) is 28.6 Å². The van der Waals surface area contributed by atoms with Gasteiger partial charge >= 0.3 is 0 Å². The topological polar surface area (TPSA) is 93.2 Å². The van der Waals surface area contributed by atoms with Crippen molar-refractivity contribution in [1.82, 2.24) is 15.5 Å². The first-order valence-corrected chi connectivity index (χ1v) is 20.7. The van der Waals surface area contributed by atoms with Crippen LogP contribution in [-0.4, -0.2) is 80.5 Å². The Morgan fingerprint density at radius 1 is 1.04 bits per heavy atom. The molecule has 3 fully saturated rings. The Morgan fingerprint density at radius 2 is 1.79 bits per heavy atom. The van der Waals surface area contributed by atoms with Gasteiger partial charge in [0.05, 0.1) is 25.4 Å². The summed E-state index contributed by atoms with van der Waals surface area (Å²) in [4.78, 5) is 9.99. The van der Waals surface area contributed by atoms with Crippen molar-refractivity contribution < 1.29 is 27.4 Å². The number of anilines is 3. The molecule has 3 heterocycles. The van der Waals surface area contributed by atoms with Gasteiger partial charge in [-0.1, -0.05) is 45.5 Å². The fourth-order valence-electron chi connectivity index (χ4n) is 7.23. The second-order valence-corrected chi connectivity index (χ2v) is 19.4. The molecular weight excluding hydrogens is 643 g/mol. The quantitative estimate of drug-likeness (QED) is 0.0916. The minimum absolute atomic E-state index is 0.0449. The highest BCUT2D eigenvalue weighted by molar-refractivity contribution is 7.99. The zero-order valence-electron chi connectivity index (χ0n) is 28.6. The van der Waals surface area contributed by atoms with Crippen molar-refractivity contribution in [3.8, 4) is 0 Å². The normalized spacial score (nSPS) is 27.8. The molecular formula is C33H50F2N6O4SSi. The predicted octanol–water partition coefficient (Wildman–Crippen LogP) is 6.60. The number of hydrazine groups is 2. The van der Waals surface area contributed by atoms with Crippen molar-refractivity contribution in [3.63, 3.8) is 0 Å². The zero-order valence-corrected chi connectivity index (χ0v) is 30.5. The first-order valence-electron chi connectivity index (χ1n) is 17.2. The van der Waals surface area contributed by atoms with Gasteiger partial charge in [-0.25, -0.2) is 18.7 Å². The number of halogens is 2. The maximum absolute atomic E-state index is 14.0. The SMILES string of the molecule is CCCSc1nc(N[C@@H]2C[C@H]2c2ccc(F)c(F)c2)c2c(n1)N([C@@H]1C[C@H](OCCO[Si](CC)(CC)CC)[C@H]3OC(C)(C)O[C@H]31)NN2C. The number of aromatic nitrogens is 2. The third kappa shape index (κ3) is 7.15. The molecule has 14 heteroatoms. The number of hydrogen-bond donors (Lipinski definition) is 2. The van der Waals surface area contributed by atoms with E-state index in [0.717, 1.165) is 53.8 Å². The summed E-state index contributed by atoms with van der Waals surface area (Å²) in [5.41, 5.74) is 5.13. The van der Waals surface area contributed by atoms with E-state index >= 15 is 0 Å². The van der Waals surface area contributed by atoms with Crippen LogP contribution in [0, 0.1) is 11.6 Å². The Bertz CT molecular complexity index is 1420.